The Labute approximate surface area is 76.4 Å². The van der Waals surface area contributed by atoms with Gasteiger partial charge in [-0.2, -0.15) is 5.41 Å². The Bertz CT molecular complexity index is 94.0. The molecule has 4 heteroatoms. The fraction of sp³-hybridized carbons (Fsp3) is 0.250. The van der Waals surface area contributed by atoms with Crippen molar-refractivity contribution in [3.8, 4) is 0 Å². The maximum atomic E-state index is 9.99. The Kier molecular flexibility index (Phi) is 10.5. The van der Waals surface area contributed by atoms with Gasteiger partial charge in [-0.3, -0.25) is 4.79 Å². The van der Waals surface area contributed by atoms with Crippen molar-refractivity contribution in [1.29, 1.82) is 0 Å². The van der Waals surface area contributed by atoms with Crippen LogP contribution >= 0.6 is 0 Å². The van der Waals surface area contributed by atoms with Crippen LogP contribution in [-0.4, -0.2) is 5.91 Å². The first kappa shape index (κ1) is 11.3. The maximum absolute atomic E-state index is 9.99. The summed E-state index contributed by atoms with van der Waals surface area (Å²) in [5.41, 5.74) is 0. The Morgan fingerprint density at radius 1 is 1.75 bits per heavy atom. The zero-order chi connectivity index (χ0) is 5.70. The molecule has 40 valence electrons. The van der Waals surface area contributed by atoms with Crippen LogP contribution in [0.1, 0.15) is 6.92 Å². The number of hydrogen-bond donors (Lipinski definition) is 1. The molecule has 0 unspecified atom stereocenters. The summed E-state index contributed by atoms with van der Waals surface area (Å²) in [4.78, 5) is 9.99. The molecule has 0 aromatic rings. The first-order valence-electron chi connectivity index (χ1n) is 1.81. The van der Waals surface area contributed by atoms with Crippen LogP contribution in [0, 0.1) is 0 Å². The van der Waals surface area contributed by atoms with Gasteiger partial charge in [0, 0.05) is 6.92 Å². The molecule has 0 radical (unpaired) electrons. The van der Waals surface area contributed by atoms with Crippen LogP contribution in [0.25, 0.3) is 0 Å². The zero-order valence-corrected chi connectivity index (χ0v) is 7.79. The van der Waals surface area contributed by atoms with E-state index in [2.05, 4.69) is 17.9 Å². The molecule has 1 N–H and O–H groups in total. The number of amides is 1. The molecule has 0 aliphatic carbocycles. The Hall–Kier alpha value is 0.430. The van der Waals surface area contributed by atoms with Gasteiger partial charge in [-0.05, 0) is 6.20 Å². The quantitative estimate of drug-likeness (QED) is 0.313. The third kappa shape index (κ3) is 9.66. The SMILES string of the molecule is CC(=O)N/C=C\[S-].[Na+]. The van der Waals surface area contributed by atoms with E-state index >= 15 is 0 Å². The van der Waals surface area contributed by atoms with Crippen molar-refractivity contribution in [2.24, 2.45) is 0 Å². The number of hydrogen-bond acceptors (Lipinski definition) is 2. The van der Waals surface area contributed by atoms with Crippen LogP contribution in [0.5, 0.6) is 0 Å². The van der Waals surface area contributed by atoms with Gasteiger partial charge in [0.25, 0.3) is 0 Å². The van der Waals surface area contributed by atoms with Crippen molar-refractivity contribution in [2.75, 3.05) is 0 Å². The van der Waals surface area contributed by atoms with Gasteiger partial charge in [0.05, 0.1) is 0 Å². The molecule has 0 aliphatic heterocycles. The Morgan fingerprint density at radius 2 is 2.25 bits per heavy atom. The van der Waals surface area contributed by atoms with Crippen LogP contribution in [0.3, 0.4) is 0 Å². The van der Waals surface area contributed by atoms with Crippen LogP contribution in [-0.2, 0) is 17.4 Å². The molecule has 0 fully saturated rings. The van der Waals surface area contributed by atoms with Gasteiger partial charge >= 0.3 is 29.6 Å². The van der Waals surface area contributed by atoms with E-state index in [0.29, 0.717) is 0 Å². The average Bonchev–Trinajstić information content (AvgIpc) is 1.61. The fourth-order valence-corrected chi connectivity index (χ4v) is 0.219. The second-order valence-corrected chi connectivity index (χ2v) is 1.28. The van der Waals surface area contributed by atoms with Gasteiger partial charge < -0.3 is 17.9 Å². The smallest absolute Gasteiger partial charge is 0.786 e. The van der Waals surface area contributed by atoms with Crippen molar-refractivity contribution in [2.45, 2.75) is 6.92 Å². The standard InChI is InChI=1S/C4H7NOS.Na/c1-4(6)5-2-3-7;/h2-3,7H,1H3,(H,5,6);/q;+1/p-1/b3-2-;. The van der Waals surface area contributed by atoms with E-state index in [0.717, 1.165) is 0 Å². The minimum Gasteiger partial charge on any atom is -0.786 e. The molecule has 0 saturated carbocycles. The van der Waals surface area contributed by atoms with E-state index in [9.17, 15) is 4.79 Å². The molecule has 0 spiro atoms. The predicted octanol–water partition coefficient (Wildman–Crippen LogP) is -2.86. The summed E-state index contributed by atoms with van der Waals surface area (Å²) in [5.74, 6) is -0.0962. The molecule has 0 atom stereocenters. The van der Waals surface area contributed by atoms with E-state index in [1.165, 1.54) is 18.5 Å². The summed E-state index contributed by atoms with van der Waals surface area (Å²) in [6.45, 7) is 1.43. The number of rotatable bonds is 1. The minimum absolute atomic E-state index is 0. The van der Waals surface area contributed by atoms with Crippen molar-refractivity contribution in [1.82, 2.24) is 5.32 Å². The van der Waals surface area contributed by atoms with E-state index in [4.69, 9.17) is 0 Å². The summed E-state index contributed by atoms with van der Waals surface area (Å²) in [6.07, 6.45) is 1.41. The van der Waals surface area contributed by atoms with E-state index in [1.54, 1.807) is 0 Å². The molecule has 1 amide bonds. The Morgan fingerprint density at radius 3 is 2.38 bits per heavy atom. The van der Waals surface area contributed by atoms with Crippen LogP contribution in [0.15, 0.2) is 11.6 Å². The second kappa shape index (κ2) is 7.43. The first-order valence-corrected chi connectivity index (χ1v) is 2.28. The number of carbonyl (C=O) groups excluding carboxylic acids is 1. The van der Waals surface area contributed by atoms with Gasteiger partial charge in [0.15, 0.2) is 0 Å². The maximum Gasteiger partial charge on any atom is 1.00 e. The minimum atomic E-state index is -0.0962. The molecule has 8 heavy (non-hydrogen) atoms. The molecule has 0 aromatic carbocycles. The predicted molar refractivity (Wildman–Crippen MR) is 30.3 cm³/mol. The molecule has 2 nitrogen and oxygen atoms in total. The summed E-state index contributed by atoms with van der Waals surface area (Å²) in [7, 11) is 0. The molecule has 0 heterocycles. The third-order valence-corrected chi connectivity index (χ3v) is 0.491. The van der Waals surface area contributed by atoms with Gasteiger partial charge in [-0.15, -0.1) is 0 Å². The molecule has 0 saturated heterocycles. The van der Waals surface area contributed by atoms with Crippen molar-refractivity contribution >= 4 is 18.5 Å². The molecule has 0 bridgehead atoms. The largest absolute Gasteiger partial charge is 1.00 e. The summed E-state index contributed by atoms with van der Waals surface area (Å²) >= 11 is 4.38. The fourth-order valence-electron chi connectivity index (χ4n) is 0.151. The molecular formula is C4H6NNaOS. The summed E-state index contributed by atoms with van der Waals surface area (Å²) < 4.78 is 0. The van der Waals surface area contributed by atoms with Gasteiger partial charge in [0.1, 0.15) is 0 Å². The van der Waals surface area contributed by atoms with Crippen molar-refractivity contribution < 1.29 is 34.4 Å². The number of carbonyl (C=O) groups is 1. The van der Waals surface area contributed by atoms with Gasteiger partial charge in [-0.25, -0.2) is 0 Å². The first-order chi connectivity index (χ1) is 3.27. The topological polar surface area (TPSA) is 29.1 Å². The van der Waals surface area contributed by atoms with Crippen molar-refractivity contribution in [3.05, 3.63) is 11.6 Å². The zero-order valence-electron chi connectivity index (χ0n) is 4.97. The normalized spacial score (nSPS) is 8.12. The van der Waals surface area contributed by atoms with E-state index < -0.39 is 0 Å². The Balaban J connectivity index is 0. The second-order valence-electron chi connectivity index (χ2n) is 1.00. The van der Waals surface area contributed by atoms with Crippen molar-refractivity contribution in [3.63, 3.8) is 0 Å². The average molecular weight is 139 g/mol. The monoisotopic (exact) mass is 139 g/mol. The molecule has 0 aromatic heterocycles. The number of nitrogens with one attached hydrogen (secondary N) is 1. The molecule has 0 aliphatic rings. The van der Waals surface area contributed by atoms with E-state index in [1.807, 2.05) is 0 Å². The van der Waals surface area contributed by atoms with Crippen LogP contribution in [0.4, 0.5) is 0 Å². The molecular weight excluding hydrogens is 133 g/mol. The third-order valence-electron chi connectivity index (χ3n) is 0.355. The summed E-state index contributed by atoms with van der Waals surface area (Å²) in [5, 5.41) is 3.72. The van der Waals surface area contributed by atoms with Gasteiger partial charge in [0.2, 0.25) is 5.91 Å². The molecule has 0 rings (SSSR count). The summed E-state index contributed by atoms with van der Waals surface area (Å²) in [6, 6.07) is 0. The van der Waals surface area contributed by atoms with Crippen LogP contribution in [0.2, 0.25) is 0 Å². The van der Waals surface area contributed by atoms with Crippen LogP contribution < -0.4 is 34.9 Å². The van der Waals surface area contributed by atoms with Gasteiger partial charge in [-0.1, -0.05) is 0 Å². The van der Waals surface area contributed by atoms with E-state index in [-0.39, 0.29) is 35.5 Å².